The lowest BCUT2D eigenvalue weighted by atomic mass is 10.0. The number of hydrogen-bond acceptors (Lipinski definition) is 6. The number of hydrogen-bond donors (Lipinski definition) is 2. The van der Waals surface area contributed by atoms with Crippen LogP contribution in [0, 0.1) is 11.8 Å². The van der Waals surface area contributed by atoms with Gasteiger partial charge in [0.25, 0.3) is 0 Å². The molecule has 226 valence electrons. The van der Waals surface area contributed by atoms with E-state index in [0.29, 0.717) is 23.9 Å². The van der Waals surface area contributed by atoms with Crippen LogP contribution in [0.4, 0.5) is 0 Å². The average Bonchev–Trinajstić information content (AvgIpc) is 3.66. The third-order valence-electron chi connectivity index (χ3n) is 10.8. The van der Waals surface area contributed by atoms with E-state index in [0.717, 1.165) is 83.5 Å². The van der Waals surface area contributed by atoms with E-state index < -0.39 is 0 Å². The summed E-state index contributed by atoms with van der Waals surface area (Å²) in [7, 11) is 0. The molecule has 0 radical (unpaired) electrons. The van der Waals surface area contributed by atoms with Crippen molar-refractivity contribution in [3.05, 3.63) is 72.6 Å². The van der Waals surface area contributed by atoms with Gasteiger partial charge in [-0.25, -0.2) is 9.97 Å². The van der Waals surface area contributed by atoms with E-state index in [1.54, 1.807) is 0 Å². The number of H-pyrrole nitrogens is 2. The smallest absolute Gasteiger partial charge is 0.137 e. The van der Waals surface area contributed by atoms with Crippen molar-refractivity contribution < 1.29 is 9.59 Å². The number of nitrogens with one attached hydrogen (secondary N) is 2. The molecule has 4 aromatic rings. The van der Waals surface area contributed by atoms with Crippen molar-refractivity contribution in [2.75, 3.05) is 0 Å². The Morgan fingerprint density at radius 3 is 1.41 bits per heavy atom. The molecule has 2 aliphatic carbocycles. The summed E-state index contributed by atoms with van der Waals surface area (Å²) >= 11 is 0. The van der Waals surface area contributed by atoms with E-state index in [1.165, 1.54) is 12.8 Å². The number of imidazole rings is 2. The van der Waals surface area contributed by atoms with Crippen LogP contribution in [0.1, 0.15) is 76.1 Å². The first-order valence-electron chi connectivity index (χ1n) is 16.4. The minimum Gasteiger partial charge on any atom is -0.341 e. The van der Waals surface area contributed by atoms with Crippen LogP contribution in [0.25, 0.3) is 33.6 Å². The number of nitrogens with zero attached hydrogens (tertiary/aromatic N) is 4. The molecule has 8 atom stereocenters. The Bertz CT molecular complexity index is 1530. The van der Waals surface area contributed by atoms with Crippen LogP contribution in [-0.2, 0) is 9.59 Å². The maximum atomic E-state index is 11.8. The highest BCUT2D eigenvalue weighted by atomic mass is 16.1. The van der Waals surface area contributed by atoms with Crippen LogP contribution in [0.2, 0.25) is 0 Å². The molecular weight excluding hydrogens is 548 g/mol. The second kappa shape index (κ2) is 10.9. The van der Waals surface area contributed by atoms with E-state index in [9.17, 15) is 9.59 Å². The van der Waals surface area contributed by atoms with Crippen molar-refractivity contribution in [3.8, 4) is 33.6 Å². The minimum atomic E-state index is -0.0304. The fourth-order valence-electron chi connectivity index (χ4n) is 8.18. The number of aromatic nitrogens is 4. The standard InChI is InChI=1S/C36H40N6O2/c1-3-27(19-43)41-31-13-25(31)15-33(41)35-37-17-29(39-35)23-9-5-21(6-10-23)22-7-11-24(12-8-22)30-18-38-36(40-30)34-16-26-14-32(26)42(34)28(4-2)20-44/h5-12,17-20,25-28,31-34H,3-4,13-16H2,1-2H3,(H,37,39)(H,38,40)/t25-,26?,27-,28?,31-,32?,33-,34?/m0/s1. The Labute approximate surface area is 258 Å². The van der Waals surface area contributed by atoms with Gasteiger partial charge in [-0.3, -0.25) is 9.80 Å². The van der Waals surface area contributed by atoms with Gasteiger partial charge in [0, 0.05) is 12.1 Å². The molecule has 4 heterocycles. The van der Waals surface area contributed by atoms with Gasteiger partial charge in [0.05, 0.1) is 47.9 Å². The lowest BCUT2D eigenvalue weighted by Gasteiger charge is -2.30. The van der Waals surface area contributed by atoms with E-state index >= 15 is 0 Å². The van der Waals surface area contributed by atoms with Crippen LogP contribution in [0.3, 0.4) is 0 Å². The molecule has 0 amide bonds. The Hall–Kier alpha value is -3.88. The first-order chi connectivity index (χ1) is 21.6. The molecule has 8 heteroatoms. The first-order valence-corrected chi connectivity index (χ1v) is 16.4. The van der Waals surface area contributed by atoms with Crippen LogP contribution in [0.15, 0.2) is 60.9 Å². The number of aromatic amines is 2. The van der Waals surface area contributed by atoms with Gasteiger partial charge in [0.2, 0.25) is 0 Å². The zero-order valence-electron chi connectivity index (χ0n) is 25.4. The lowest BCUT2D eigenvalue weighted by Crippen LogP contribution is -2.38. The molecule has 0 spiro atoms. The quantitative estimate of drug-likeness (QED) is 0.198. The van der Waals surface area contributed by atoms with Gasteiger partial charge in [-0.15, -0.1) is 0 Å². The summed E-state index contributed by atoms with van der Waals surface area (Å²) in [5, 5.41) is 0. The van der Waals surface area contributed by atoms with Crippen molar-refractivity contribution in [1.29, 1.82) is 0 Å². The minimum absolute atomic E-state index is 0.0304. The second-order valence-corrected chi connectivity index (χ2v) is 13.3. The highest BCUT2D eigenvalue weighted by Crippen LogP contribution is 2.55. The summed E-state index contributed by atoms with van der Waals surface area (Å²) in [6, 6.07) is 18.6. The Balaban J connectivity index is 0.955. The van der Waals surface area contributed by atoms with Crippen molar-refractivity contribution in [2.24, 2.45) is 11.8 Å². The molecule has 2 aromatic heterocycles. The van der Waals surface area contributed by atoms with Crippen LogP contribution in [-0.4, -0.2) is 66.5 Å². The fraction of sp³-hybridized carbons (Fsp3) is 0.444. The van der Waals surface area contributed by atoms with Crippen LogP contribution in [0.5, 0.6) is 0 Å². The molecule has 44 heavy (non-hydrogen) atoms. The van der Waals surface area contributed by atoms with Gasteiger partial charge in [-0.05, 0) is 72.6 Å². The Morgan fingerprint density at radius 1 is 0.659 bits per heavy atom. The van der Waals surface area contributed by atoms with Crippen molar-refractivity contribution in [2.45, 2.75) is 88.6 Å². The Kier molecular flexibility index (Phi) is 6.87. The molecule has 8 nitrogen and oxygen atoms in total. The predicted octanol–water partition coefficient (Wildman–Crippen LogP) is 6.36. The average molecular weight is 589 g/mol. The van der Waals surface area contributed by atoms with Gasteiger partial charge >= 0.3 is 0 Å². The van der Waals surface area contributed by atoms with Crippen molar-refractivity contribution >= 4 is 12.6 Å². The molecule has 4 unspecified atom stereocenters. The molecule has 4 fully saturated rings. The first kappa shape index (κ1) is 27.7. The SMILES string of the molecule is CCC(C=O)N1C(c2ncc(-c3ccc(-c4ccc(-c5cnc([C@@H]6C[C@@H]7C[C@@H]7N6[C@H](C=O)CC)[nH]5)cc4)cc3)[nH]2)CC2CC21. The molecule has 2 saturated heterocycles. The van der Waals surface area contributed by atoms with Crippen molar-refractivity contribution in [3.63, 3.8) is 0 Å². The summed E-state index contributed by atoms with van der Waals surface area (Å²) in [5.41, 5.74) is 6.53. The number of piperidine rings is 2. The maximum absolute atomic E-state index is 11.8. The zero-order chi connectivity index (χ0) is 29.9. The third-order valence-corrected chi connectivity index (χ3v) is 10.8. The second-order valence-electron chi connectivity index (χ2n) is 13.3. The predicted molar refractivity (Wildman–Crippen MR) is 170 cm³/mol. The number of carbonyl (C=O) groups excluding carboxylic acids is 2. The molecule has 2 aliphatic heterocycles. The highest BCUT2D eigenvalue weighted by Gasteiger charge is 2.55. The van der Waals surface area contributed by atoms with Gasteiger partial charge in [0.1, 0.15) is 24.2 Å². The summed E-state index contributed by atoms with van der Waals surface area (Å²) in [6.45, 7) is 4.18. The number of fused-ring (bicyclic) bond motifs is 2. The van der Waals surface area contributed by atoms with Gasteiger partial charge in [-0.2, -0.15) is 0 Å². The van der Waals surface area contributed by atoms with Crippen LogP contribution >= 0.6 is 0 Å². The van der Waals surface area contributed by atoms with E-state index in [-0.39, 0.29) is 24.2 Å². The van der Waals surface area contributed by atoms with Gasteiger partial charge in [-0.1, -0.05) is 62.4 Å². The van der Waals surface area contributed by atoms with Crippen molar-refractivity contribution in [1.82, 2.24) is 29.7 Å². The normalized spacial score (nSPS) is 28.8. The van der Waals surface area contributed by atoms with E-state index in [2.05, 4.69) is 82.1 Å². The summed E-state index contributed by atoms with van der Waals surface area (Å²) in [4.78, 5) is 45.0. The third kappa shape index (κ3) is 4.66. The van der Waals surface area contributed by atoms with Gasteiger partial charge < -0.3 is 19.6 Å². The highest BCUT2D eigenvalue weighted by molar-refractivity contribution is 5.71. The maximum Gasteiger partial charge on any atom is 0.137 e. The fourth-order valence-corrected chi connectivity index (χ4v) is 8.18. The number of rotatable bonds is 11. The topological polar surface area (TPSA) is 98.0 Å². The summed E-state index contributed by atoms with van der Waals surface area (Å²) in [6.07, 6.45) is 12.3. The molecular formula is C36H40N6O2. The summed E-state index contributed by atoms with van der Waals surface area (Å²) in [5.74, 6) is 3.35. The number of benzene rings is 2. The molecule has 2 saturated carbocycles. The van der Waals surface area contributed by atoms with Crippen LogP contribution < -0.4 is 0 Å². The number of carbonyl (C=O) groups is 2. The molecule has 0 bridgehead atoms. The van der Waals surface area contributed by atoms with E-state index in [1.807, 2.05) is 12.4 Å². The molecule has 2 N–H and O–H groups in total. The Morgan fingerprint density at radius 2 is 1.05 bits per heavy atom. The molecule has 2 aromatic carbocycles. The number of likely N-dealkylation sites (tertiary alicyclic amines) is 2. The van der Waals surface area contributed by atoms with Gasteiger partial charge in [0.15, 0.2) is 0 Å². The molecule has 4 aliphatic rings. The largest absolute Gasteiger partial charge is 0.341 e. The number of aldehydes is 2. The summed E-state index contributed by atoms with van der Waals surface area (Å²) < 4.78 is 0. The zero-order valence-corrected chi connectivity index (χ0v) is 25.4. The molecule has 8 rings (SSSR count). The monoisotopic (exact) mass is 588 g/mol. The lowest BCUT2D eigenvalue weighted by molar-refractivity contribution is -0.114. The van der Waals surface area contributed by atoms with E-state index in [4.69, 9.17) is 9.97 Å².